The van der Waals surface area contributed by atoms with Gasteiger partial charge in [0.1, 0.15) is 18.0 Å². The Morgan fingerprint density at radius 2 is 2.00 bits per heavy atom. The lowest BCUT2D eigenvalue weighted by molar-refractivity contribution is 0.155. The zero-order valence-corrected chi connectivity index (χ0v) is 12.6. The van der Waals surface area contributed by atoms with Crippen LogP contribution < -0.4 is 5.32 Å². The van der Waals surface area contributed by atoms with E-state index in [4.69, 9.17) is 16.3 Å². The fourth-order valence-corrected chi connectivity index (χ4v) is 2.38. The van der Waals surface area contributed by atoms with Crippen molar-refractivity contribution in [1.29, 1.82) is 0 Å². The van der Waals surface area contributed by atoms with Gasteiger partial charge in [0, 0.05) is 4.47 Å². The third-order valence-corrected chi connectivity index (χ3v) is 3.23. The van der Waals surface area contributed by atoms with Crippen LogP contribution in [0.4, 0.5) is 10.5 Å². The Hall–Kier alpha value is -1.72. The molecule has 0 fully saturated rings. The molecule has 0 unspecified atom stereocenters. The predicted octanol–water partition coefficient (Wildman–Crippen LogP) is 4.56. The van der Waals surface area contributed by atoms with Gasteiger partial charge in [0.2, 0.25) is 0 Å². The summed E-state index contributed by atoms with van der Waals surface area (Å²) in [6, 6.07) is 12.3. The van der Waals surface area contributed by atoms with E-state index in [-0.39, 0.29) is 23.1 Å². The summed E-state index contributed by atoms with van der Waals surface area (Å²) < 4.78 is 5.65. The van der Waals surface area contributed by atoms with E-state index in [9.17, 15) is 9.90 Å². The van der Waals surface area contributed by atoms with E-state index >= 15 is 0 Å². The summed E-state index contributed by atoms with van der Waals surface area (Å²) in [5.74, 6) is -0.138. The van der Waals surface area contributed by atoms with Gasteiger partial charge in [0.25, 0.3) is 0 Å². The van der Waals surface area contributed by atoms with Crippen molar-refractivity contribution < 1.29 is 14.6 Å². The number of rotatable bonds is 3. The highest BCUT2D eigenvalue weighted by Crippen LogP contribution is 2.35. The van der Waals surface area contributed by atoms with Gasteiger partial charge in [-0.25, -0.2) is 4.79 Å². The van der Waals surface area contributed by atoms with Gasteiger partial charge in [0.15, 0.2) is 0 Å². The Balaban J connectivity index is 1.98. The maximum Gasteiger partial charge on any atom is 0.412 e. The number of phenolic OH excluding ortho intramolecular Hbond substituents is 1. The second-order valence-corrected chi connectivity index (χ2v) is 5.29. The van der Waals surface area contributed by atoms with Crippen LogP contribution in [-0.2, 0) is 11.3 Å². The highest BCUT2D eigenvalue weighted by atomic mass is 79.9. The van der Waals surface area contributed by atoms with Gasteiger partial charge in [-0.05, 0) is 17.7 Å². The highest BCUT2D eigenvalue weighted by Gasteiger charge is 2.12. The Labute approximate surface area is 129 Å². The van der Waals surface area contributed by atoms with E-state index in [0.29, 0.717) is 4.47 Å². The number of amides is 1. The van der Waals surface area contributed by atoms with E-state index in [1.54, 1.807) is 6.07 Å². The molecular formula is C14H11BrClNO3. The fraction of sp³-hybridized carbons (Fsp3) is 0.0714. The van der Waals surface area contributed by atoms with Crippen molar-refractivity contribution in [2.45, 2.75) is 6.61 Å². The van der Waals surface area contributed by atoms with Crippen molar-refractivity contribution >= 4 is 39.3 Å². The van der Waals surface area contributed by atoms with E-state index in [2.05, 4.69) is 21.2 Å². The number of anilines is 1. The van der Waals surface area contributed by atoms with Crippen molar-refractivity contribution in [1.82, 2.24) is 0 Å². The minimum atomic E-state index is -0.687. The van der Waals surface area contributed by atoms with Crippen LogP contribution in [-0.4, -0.2) is 11.2 Å². The maximum atomic E-state index is 11.7. The van der Waals surface area contributed by atoms with Gasteiger partial charge in [-0.1, -0.05) is 57.9 Å². The molecule has 0 atom stereocenters. The average molecular weight is 357 g/mol. The summed E-state index contributed by atoms with van der Waals surface area (Å²) in [6.07, 6.45) is -0.687. The number of benzene rings is 2. The fourth-order valence-electron chi connectivity index (χ4n) is 1.55. The minimum Gasteiger partial charge on any atom is -0.506 e. The molecule has 2 N–H and O–H groups in total. The molecule has 6 heteroatoms. The van der Waals surface area contributed by atoms with Gasteiger partial charge in [0.05, 0.1) is 5.02 Å². The van der Waals surface area contributed by atoms with Crippen LogP contribution in [0.25, 0.3) is 0 Å². The third kappa shape index (κ3) is 3.88. The molecule has 0 bridgehead atoms. The zero-order valence-electron chi connectivity index (χ0n) is 10.3. The molecule has 104 valence electrons. The molecule has 20 heavy (non-hydrogen) atoms. The molecule has 2 aromatic rings. The van der Waals surface area contributed by atoms with Gasteiger partial charge < -0.3 is 9.84 Å². The number of ether oxygens (including phenoxy) is 1. The summed E-state index contributed by atoms with van der Waals surface area (Å²) in [6.45, 7) is 0.140. The van der Waals surface area contributed by atoms with Gasteiger partial charge in [-0.3, -0.25) is 5.32 Å². The number of phenols is 1. The molecule has 0 saturated carbocycles. The molecule has 0 heterocycles. The molecule has 0 aromatic heterocycles. The van der Waals surface area contributed by atoms with Crippen LogP contribution in [0.2, 0.25) is 5.02 Å². The molecule has 0 saturated heterocycles. The molecule has 0 aliphatic heterocycles. The third-order valence-electron chi connectivity index (χ3n) is 2.47. The number of nitrogens with one attached hydrogen (secondary N) is 1. The van der Waals surface area contributed by atoms with E-state index < -0.39 is 6.09 Å². The summed E-state index contributed by atoms with van der Waals surface area (Å²) in [5, 5.41) is 12.3. The largest absolute Gasteiger partial charge is 0.506 e. The quantitative estimate of drug-likeness (QED) is 0.793. The Bertz CT molecular complexity index is 596. The molecule has 1 amide bonds. The number of aromatic hydroxyl groups is 1. The lowest BCUT2D eigenvalue weighted by atomic mass is 10.2. The number of carbonyl (C=O) groups is 1. The predicted molar refractivity (Wildman–Crippen MR) is 81.1 cm³/mol. The van der Waals surface area contributed by atoms with E-state index in [0.717, 1.165) is 5.56 Å². The zero-order chi connectivity index (χ0) is 14.5. The Kier molecular flexibility index (Phi) is 4.87. The minimum absolute atomic E-state index is 0.118. The molecule has 4 nitrogen and oxygen atoms in total. The van der Waals surface area contributed by atoms with Crippen LogP contribution in [0.1, 0.15) is 5.56 Å². The Morgan fingerprint density at radius 1 is 1.30 bits per heavy atom. The standard InChI is InChI=1S/C14H11BrClNO3/c15-10-6-11(16)13(12(18)7-10)17-14(19)20-8-9-4-2-1-3-5-9/h1-7,18H,8H2,(H,17,19). The molecule has 0 radical (unpaired) electrons. The molecule has 2 aromatic carbocycles. The van der Waals surface area contributed by atoms with Crippen LogP contribution in [0.3, 0.4) is 0 Å². The first-order valence-electron chi connectivity index (χ1n) is 5.72. The SMILES string of the molecule is O=C(Nc1c(O)cc(Br)cc1Cl)OCc1ccccc1. The van der Waals surface area contributed by atoms with Crippen molar-refractivity contribution in [3.63, 3.8) is 0 Å². The van der Waals surface area contributed by atoms with E-state index in [1.165, 1.54) is 6.07 Å². The van der Waals surface area contributed by atoms with Crippen LogP contribution >= 0.6 is 27.5 Å². The summed E-state index contributed by atoms with van der Waals surface area (Å²) in [7, 11) is 0. The van der Waals surface area contributed by atoms with E-state index in [1.807, 2.05) is 30.3 Å². The van der Waals surface area contributed by atoms with Gasteiger partial charge in [-0.15, -0.1) is 0 Å². The van der Waals surface area contributed by atoms with Crippen molar-refractivity contribution in [3.05, 3.63) is 57.5 Å². The van der Waals surface area contributed by atoms with Gasteiger partial charge >= 0.3 is 6.09 Å². The molecular weight excluding hydrogens is 346 g/mol. The summed E-state index contributed by atoms with van der Waals surface area (Å²) in [4.78, 5) is 11.7. The molecule has 0 spiro atoms. The number of carbonyl (C=O) groups excluding carboxylic acids is 1. The number of halogens is 2. The van der Waals surface area contributed by atoms with Gasteiger partial charge in [-0.2, -0.15) is 0 Å². The first-order chi connectivity index (χ1) is 9.56. The normalized spacial score (nSPS) is 10.1. The number of hydrogen-bond donors (Lipinski definition) is 2. The Morgan fingerprint density at radius 3 is 2.65 bits per heavy atom. The van der Waals surface area contributed by atoms with Crippen molar-refractivity contribution in [2.75, 3.05) is 5.32 Å². The first kappa shape index (κ1) is 14.7. The first-order valence-corrected chi connectivity index (χ1v) is 6.89. The smallest absolute Gasteiger partial charge is 0.412 e. The second-order valence-electron chi connectivity index (χ2n) is 3.97. The van der Waals surface area contributed by atoms with Crippen LogP contribution in [0.5, 0.6) is 5.75 Å². The molecule has 0 aliphatic rings. The monoisotopic (exact) mass is 355 g/mol. The second kappa shape index (κ2) is 6.63. The average Bonchev–Trinajstić information content (AvgIpc) is 2.42. The van der Waals surface area contributed by atoms with Crippen LogP contribution in [0.15, 0.2) is 46.9 Å². The highest BCUT2D eigenvalue weighted by molar-refractivity contribution is 9.10. The van der Waals surface area contributed by atoms with Crippen LogP contribution in [0, 0.1) is 0 Å². The maximum absolute atomic E-state index is 11.7. The lowest BCUT2D eigenvalue weighted by Gasteiger charge is -2.10. The molecule has 2 rings (SSSR count). The lowest BCUT2D eigenvalue weighted by Crippen LogP contribution is -2.14. The van der Waals surface area contributed by atoms with Crippen molar-refractivity contribution in [3.8, 4) is 5.75 Å². The summed E-state index contributed by atoms with van der Waals surface area (Å²) >= 11 is 9.12. The molecule has 0 aliphatic carbocycles. The van der Waals surface area contributed by atoms with Crippen molar-refractivity contribution in [2.24, 2.45) is 0 Å². The topological polar surface area (TPSA) is 58.6 Å². The summed E-state index contributed by atoms with van der Waals surface area (Å²) in [5.41, 5.74) is 0.988. The number of hydrogen-bond acceptors (Lipinski definition) is 3.